The molecule has 0 aliphatic rings. The summed E-state index contributed by atoms with van der Waals surface area (Å²) in [5, 5.41) is 19.5. The van der Waals surface area contributed by atoms with Gasteiger partial charge < -0.3 is 19.8 Å². The van der Waals surface area contributed by atoms with Gasteiger partial charge in [-0.05, 0) is 31.5 Å². The maximum Gasteiger partial charge on any atom is 0.126 e. The summed E-state index contributed by atoms with van der Waals surface area (Å²) in [5.41, 5.74) is 1.73. The number of ether oxygens (including phenoxy) is 1. The second-order valence-electron chi connectivity index (χ2n) is 4.83. The van der Waals surface area contributed by atoms with E-state index in [1.807, 2.05) is 0 Å². The van der Waals surface area contributed by atoms with E-state index >= 15 is 0 Å². The zero-order valence-corrected chi connectivity index (χ0v) is 11.9. The summed E-state index contributed by atoms with van der Waals surface area (Å²) in [4.78, 5) is 1.79. The lowest BCUT2D eigenvalue weighted by atomic mass is 10.0. The molecule has 19 heavy (non-hydrogen) atoms. The molecule has 0 radical (unpaired) electrons. The topological polar surface area (TPSA) is 52.9 Å². The SMILES string of the molecule is COCC(O)CN(C)c1cc(C)c(F)cc1[C@@H](C)O. The molecule has 4 nitrogen and oxygen atoms in total. The summed E-state index contributed by atoms with van der Waals surface area (Å²) >= 11 is 0. The van der Waals surface area contributed by atoms with Crippen LogP contribution in [-0.2, 0) is 4.74 Å². The van der Waals surface area contributed by atoms with Crippen molar-refractivity contribution in [1.82, 2.24) is 0 Å². The van der Waals surface area contributed by atoms with Gasteiger partial charge in [-0.15, -0.1) is 0 Å². The second-order valence-corrected chi connectivity index (χ2v) is 4.83. The number of hydrogen-bond donors (Lipinski definition) is 2. The van der Waals surface area contributed by atoms with Gasteiger partial charge in [0.15, 0.2) is 0 Å². The molecular weight excluding hydrogens is 249 g/mol. The van der Waals surface area contributed by atoms with Gasteiger partial charge in [-0.3, -0.25) is 0 Å². The fourth-order valence-electron chi connectivity index (χ4n) is 2.01. The van der Waals surface area contributed by atoms with Gasteiger partial charge in [0, 0.05) is 32.0 Å². The van der Waals surface area contributed by atoms with Crippen molar-refractivity contribution in [2.24, 2.45) is 0 Å². The lowest BCUT2D eigenvalue weighted by molar-refractivity contribution is 0.0694. The lowest BCUT2D eigenvalue weighted by Crippen LogP contribution is -2.32. The molecule has 1 aromatic carbocycles. The van der Waals surface area contributed by atoms with E-state index in [1.54, 1.807) is 31.9 Å². The van der Waals surface area contributed by atoms with Crippen molar-refractivity contribution in [3.8, 4) is 0 Å². The number of hydrogen-bond acceptors (Lipinski definition) is 4. The van der Waals surface area contributed by atoms with Crippen molar-refractivity contribution in [2.45, 2.75) is 26.1 Å². The lowest BCUT2D eigenvalue weighted by Gasteiger charge is -2.26. The van der Waals surface area contributed by atoms with E-state index in [0.717, 1.165) is 0 Å². The minimum absolute atomic E-state index is 0.231. The Morgan fingerprint density at radius 3 is 2.53 bits per heavy atom. The fraction of sp³-hybridized carbons (Fsp3) is 0.571. The number of likely N-dealkylation sites (N-methyl/N-ethyl adjacent to an activating group) is 1. The first-order valence-corrected chi connectivity index (χ1v) is 6.23. The number of methoxy groups -OCH3 is 1. The molecule has 0 spiro atoms. The van der Waals surface area contributed by atoms with Gasteiger partial charge >= 0.3 is 0 Å². The molecule has 0 heterocycles. The number of benzene rings is 1. The van der Waals surface area contributed by atoms with Crippen LogP contribution in [0.4, 0.5) is 10.1 Å². The Morgan fingerprint density at radius 1 is 1.37 bits per heavy atom. The van der Waals surface area contributed by atoms with Crippen molar-refractivity contribution in [2.75, 3.05) is 32.2 Å². The normalized spacial score (nSPS) is 14.3. The number of aliphatic hydroxyl groups is 2. The first kappa shape index (κ1) is 15.9. The summed E-state index contributed by atoms with van der Waals surface area (Å²) in [6.45, 7) is 3.84. The molecule has 0 aliphatic carbocycles. The highest BCUT2D eigenvalue weighted by molar-refractivity contribution is 5.56. The molecule has 1 aromatic rings. The Balaban J connectivity index is 3.00. The van der Waals surface area contributed by atoms with Crippen LogP contribution in [-0.4, -0.2) is 43.6 Å². The first-order valence-electron chi connectivity index (χ1n) is 6.23. The number of anilines is 1. The molecule has 0 bridgehead atoms. The van der Waals surface area contributed by atoms with E-state index in [0.29, 0.717) is 23.4 Å². The third-order valence-corrected chi connectivity index (χ3v) is 3.01. The molecule has 0 fully saturated rings. The van der Waals surface area contributed by atoms with Gasteiger partial charge in [0.1, 0.15) is 5.82 Å². The maximum atomic E-state index is 13.6. The van der Waals surface area contributed by atoms with Crippen LogP contribution in [0.3, 0.4) is 0 Å². The number of aliphatic hydroxyl groups excluding tert-OH is 2. The third kappa shape index (κ3) is 4.16. The molecule has 0 saturated heterocycles. The minimum Gasteiger partial charge on any atom is -0.389 e. The third-order valence-electron chi connectivity index (χ3n) is 3.01. The van der Waals surface area contributed by atoms with Crippen LogP contribution in [0.5, 0.6) is 0 Å². The average molecular weight is 271 g/mol. The zero-order chi connectivity index (χ0) is 14.6. The van der Waals surface area contributed by atoms with Crippen LogP contribution >= 0.6 is 0 Å². The molecule has 2 atom stereocenters. The van der Waals surface area contributed by atoms with E-state index in [9.17, 15) is 14.6 Å². The Morgan fingerprint density at radius 2 is 2.00 bits per heavy atom. The van der Waals surface area contributed by atoms with E-state index in [4.69, 9.17) is 4.74 Å². The number of nitrogens with zero attached hydrogens (tertiary/aromatic N) is 1. The van der Waals surface area contributed by atoms with Gasteiger partial charge in [0.2, 0.25) is 0 Å². The quantitative estimate of drug-likeness (QED) is 0.825. The van der Waals surface area contributed by atoms with E-state index in [1.165, 1.54) is 13.2 Å². The Kier molecular flexibility index (Phi) is 5.72. The predicted molar refractivity (Wildman–Crippen MR) is 72.9 cm³/mol. The second kappa shape index (κ2) is 6.84. The summed E-state index contributed by atoms with van der Waals surface area (Å²) in [5.74, 6) is -0.342. The van der Waals surface area contributed by atoms with Crippen LogP contribution in [0, 0.1) is 12.7 Å². The maximum absolute atomic E-state index is 13.6. The molecule has 0 aromatic heterocycles. The fourth-order valence-corrected chi connectivity index (χ4v) is 2.01. The van der Waals surface area contributed by atoms with Crippen molar-refractivity contribution < 1.29 is 19.3 Å². The van der Waals surface area contributed by atoms with Gasteiger partial charge in [-0.25, -0.2) is 4.39 Å². The molecule has 2 N–H and O–H groups in total. The van der Waals surface area contributed by atoms with Crippen LogP contribution in [0.15, 0.2) is 12.1 Å². The summed E-state index contributed by atoms with van der Waals surface area (Å²) in [6, 6.07) is 3.02. The first-order chi connectivity index (χ1) is 8.86. The van der Waals surface area contributed by atoms with Crippen LogP contribution in [0.25, 0.3) is 0 Å². The van der Waals surface area contributed by atoms with Crippen molar-refractivity contribution >= 4 is 5.69 Å². The van der Waals surface area contributed by atoms with E-state index < -0.39 is 12.2 Å². The van der Waals surface area contributed by atoms with Crippen LogP contribution in [0.1, 0.15) is 24.2 Å². The van der Waals surface area contributed by atoms with Crippen molar-refractivity contribution in [3.63, 3.8) is 0 Å². The van der Waals surface area contributed by atoms with Crippen molar-refractivity contribution in [3.05, 3.63) is 29.1 Å². The molecule has 0 amide bonds. The van der Waals surface area contributed by atoms with Crippen LogP contribution in [0.2, 0.25) is 0 Å². The predicted octanol–water partition coefficient (Wildman–Crippen LogP) is 1.63. The molecule has 5 heteroatoms. The molecule has 1 rings (SSSR count). The molecule has 0 saturated carbocycles. The Labute approximate surface area is 113 Å². The Bertz CT molecular complexity index is 423. The smallest absolute Gasteiger partial charge is 0.126 e. The monoisotopic (exact) mass is 271 g/mol. The minimum atomic E-state index is -0.771. The summed E-state index contributed by atoms with van der Waals surface area (Å²) < 4.78 is 18.4. The van der Waals surface area contributed by atoms with Gasteiger partial charge in [-0.1, -0.05) is 0 Å². The number of aryl methyl sites for hydroxylation is 1. The van der Waals surface area contributed by atoms with Crippen LogP contribution < -0.4 is 4.90 Å². The largest absolute Gasteiger partial charge is 0.389 e. The summed E-state index contributed by atoms with van der Waals surface area (Å²) in [6.07, 6.45) is -1.41. The van der Waals surface area contributed by atoms with E-state index in [-0.39, 0.29) is 12.4 Å². The highest BCUT2D eigenvalue weighted by Crippen LogP contribution is 2.28. The number of rotatable bonds is 6. The van der Waals surface area contributed by atoms with Crippen molar-refractivity contribution in [1.29, 1.82) is 0 Å². The highest BCUT2D eigenvalue weighted by atomic mass is 19.1. The van der Waals surface area contributed by atoms with Gasteiger partial charge in [0.05, 0.1) is 18.8 Å². The molecule has 108 valence electrons. The highest BCUT2D eigenvalue weighted by Gasteiger charge is 2.17. The van der Waals surface area contributed by atoms with Gasteiger partial charge in [-0.2, -0.15) is 0 Å². The zero-order valence-electron chi connectivity index (χ0n) is 11.9. The number of halogens is 1. The summed E-state index contributed by atoms with van der Waals surface area (Å²) in [7, 11) is 3.31. The average Bonchev–Trinajstić information content (AvgIpc) is 2.31. The molecular formula is C14H22FNO3. The standard InChI is InChI=1S/C14H22FNO3/c1-9-5-14(12(10(2)17)6-13(9)15)16(3)7-11(18)8-19-4/h5-6,10-11,17-18H,7-8H2,1-4H3/t10-,11?/m1/s1. The Hall–Kier alpha value is -1.17. The van der Waals surface area contributed by atoms with Gasteiger partial charge in [0.25, 0.3) is 0 Å². The molecule has 1 unspecified atom stereocenters. The molecule has 0 aliphatic heterocycles. The van der Waals surface area contributed by atoms with E-state index in [2.05, 4.69) is 0 Å².